The average Bonchev–Trinajstić information content (AvgIpc) is 2.47. The van der Waals surface area contributed by atoms with Gasteiger partial charge in [-0.3, -0.25) is 0 Å². The quantitative estimate of drug-likeness (QED) is 0.726. The molecule has 2 rings (SSSR count). The van der Waals surface area contributed by atoms with Crippen molar-refractivity contribution >= 4 is 17.1 Å². The fourth-order valence-electron chi connectivity index (χ4n) is 1.09. The number of hydrogen-bond acceptors (Lipinski definition) is 2. The standard InChI is InChI=1S/C8H7ClN2O/c9-7-4-10-11-2-1-6(5-12)3-8(7)11/h1-4,12H,5H2. The van der Waals surface area contributed by atoms with E-state index in [0.717, 1.165) is 11.1 Å². The molecule has 0 atom stereocenters. The summed E-state index contributed by atoms with van der Waals surface area (Å²) >= 11 is 5.84. The van der Waals surface area contributed by atoms with Gasteiger partial charge in [-0.15, -0.1) is 0 Å². The van der Waals surface area contributed by atoms with E-state index in [4.69, 9.17) is 16.7 Å². The van der Waals surface area contributed by atoms with E-state index in [1.165, 1.54) is 0 Å². The van der Waals surface area contributed by atoms with Gasteiger partial charge in [-0.25, -0.2) is 4.52 Å². The van der Waals surface area contributed by atoms with Crippen LogP contribution in [0.1, 0.15) is 5.56 Å². The first-order valence-electron chi connectivity index (χ1n) is 3.54. The van der Waals surface area contributed by atoms with Crippen molar-refractivity contribution in [3.63, 3.8) is 0 Å². The number of pyridine rings is 1. The van der Waals surface area contributed by atoms with E-state index in [1.54, 1.807) is 23.0 Å². The third-order valence-corrected chi connectivity index (χ3v) is 2.01. The topological polar surface area (TPSA) is 37.5 Å². The summed E-state index contributed by atoms with van der Waals surface area (Å²) < 4.78 is 1.67. The van der Waals surface area contributed by atoms with Crippen molar-refractivity contribution in [2.75, 3.05) is 0 Å². The van der Waals surface area contributed by atoms with Gasteiger partial charge in [0.2, 0.25) is 0 Å². The van der Waals surface area contributed by atoms with E-state index in [2.05, 4.69) is 5.10 Å². The van der Waals surface area contributed by atoms with Crippen LogP contribution in [0.25, 0.3) is 5.52 Å². The van der Waals surface area contributed by atoms with Gasteiger partial charge >= 0.3 is 0 Å². The molecule has 0 spiro atoms. The molecule has 0 radical (unpaired) electrons. The van der Waals surface area contributed by atoms with Gasteiger partial charge < -0.3 is 5.11 Å². The molecule has 0 saturated carbocycles. The van der Waals surface area contributed by atoms with Gasteiger partial charge in [0.05, 0.1) is 23.3 Å². The smallest absolute Gasteiger partial charge is 0.0864 e. The Labute approximate surface area is 74.2 Å². The third-order valence-electron chi connectivity index (χ3n) is 1.72. The first-order valence-corrected chi connectivity index (χ1v) is 3.91. The third kappa shape index (κ3) is 1.07. The van der Waals surface area contributed by atoms with Crippen LogP contribution < -0.4 is 0 Å². The van der Waals surface area contributed by atoms with Crippen LogP contribution in [0, 0.1) is 0 Å². The zero-order chi connectivity index (χ0) is 8.55. The SMILES string of the molecule is OCc1ccn2ncc(Cl)c2c1. The monoisotopic (exact) mass is 182 g/mol. The van der Waals surface area contributed by atoms with Gasteiger partial charge in [0.15, 0.2) is 0 Å². The highest BCUT2D eigenvalue weighted by Crippen LogP contribution is 2.17. The van der Waals surface area contributed by atoms with E-state index >= 15 is 0 Å². The molecule has 2 aromatic heterocycles. The van der Waals surface area contributed by atoms with Crippen molar-refractivity contribution < 1.29 is 5.11 Å². The summed E-state index contributed by atoms with van der Waals surface area (Å²) in [4.78, 5) is 0. The number of fused-ring (bicyclic) bond motifs is 1. The Morgan fingerprint density at radius 2 is 2.42 bits per heavy atom. The van der Waals surface area contributed by atoms with Crippen molar-refractivity contribution in [1.82, 2.24) is 9.61 Å². The Balaban J connectivity index is 2.71. The Hall–Kier alpha value is -1.06. The molecule has 0 amide bonds. The molecule has 2 aromatic rings. The second-order valence-electron chi connectivity index (χ2n) is 2.52. The van der Waals surface area contributed by atoms with Crippen molar-refractivity contribution in [2.45, 2.75) is 6.61 Å². The summed E-state index contributed by atoms with van der Waals surface area (Å²) in [6, 6.07) is 3.62. The van der Waals surface area contributed by atoms with Gasteiger partial charge in [0.25, 0.3) is 0 Å². The number of nitrogens with zero attached hydrogens (tertiary/aromatic N) is 2. The van der Waals surface area contributed by atoms with E-state index < -0.39 is 0 Å². The van der Waals surface area contributed by atoms with Crippen LogP contribution in [0.3, 0.4) is 0 Å². The molecule has 4 heteroatoms. The van der Waals surface area contributed by atoms with Crippen LogP contribution in [0.4, 0.5) is 0 Å². The zero-order valence-corrected chi connectivity index (χ0v) is 6.99. The Kier molecular flexibility index (Phi) is 1.75. The van der Waals surface area contributed by atoms with Crippen LogP contribution in [0.5, 0.6) is 0 Å². The lowest BCUT2D eigenvalue weighted by Gasteiger charge is -1.96. The lowest BCUT2D eigenvalue weighted by molar-refractivity contribution is 0.282. The van der Waals surface area contributed by atoms with Crippen LogP contribution in [-0.2, 0) is 6.61 Å². The van der Waals surface area contributed by atoms with Crippen molar-refractivity contribution in [1.29, 1.82) is 0 Å². The van der Waals surface area contributed by atoms with Crippen LogP contribution in [0.15, 0.2) is 24.5 Å². The number of aromatic nitrogens is 2. The highest BCUT2D eigenvalue weighted by Gasteiger charge is 2.00. The van der Waals surface area contributed by atoms with Gasteiger partial charge in [0.1, 0.15) is 0 Å². The molecular weight excluding hydrogens is 176 g/mol. The lowest BCUT2D eigenvalue weighted by atomic mass is 10.2. The summed E-state index contributed by atoms with van der Waals surface area (Å²) in [6.07, 6.45) is 3.35. The minimum absolute atomic E-state index is 0.0258. The van der Waals surface area contributed by atoms with Crippen molar-refractivity contribution in [2.24, 2.45) is 0 Å². The van der Waals surface area contributed by atoms with Crippen molar-refractivity contribution in [3.8, 4) is 0 Å². The molecule has 1 N–H and O–H groups in total. The molecule has 12 heavy (non-hydrogen) atoms. The lowest BCUT2D eigenvalue weighted by Crippen LogP contribution is -1.88. The molecule has 0 aromatic carbocycles. The van der Waals surface area contributed by atoms with Crippen molar-refractivity contribution in [3.05, 3.63) is 35.1 Å². The molecule has 0 unspecified atom stereocenters. The maximum absolute atomic E-state index is 8.85. The Morgan fingerprint density at radius 3 is 3.17 bits per heavy atom. The predicted molar refractivity (Wildman–Crippen MR) is 46.1 cm³/mol. The molecule has 2 heterocycles. The molecule has 0 saturated heterocycles. The minimum atomic E-state index is 0.0258. The molecule has 0 aliphatic heterocycles. The van der Waals surface area contributed by atoms with Gasteiger partial charge in [0, 0.05) is 6.20 Å². The highest BCUT2D eigenvalue weighted by atomic mass is 35.5. The molecule has 0 aliphatic rings. The second-order valence-corrected chi connectivity index (χ2v) is 2.92. The summed E-state index contributed by atoms with van der Waals surface area (Å²) in [5.41, 5.74) is 1.66. The number of aliphatic hydroxyl groups is 1. The van der Waals surface area contributed by atoms with E-state index in [1.807, 2.05) is 6.07 Å². The molecule has 0 aliphatic carbocycles. The summed E-state index contributed by atoms with van der Waals surface area (Å²) in [7, 11) is 0. The fraction of sp³-hybridized carbons (Fsp3) is 0.125. The van der Waals surface area contributed by atoms with Crippen LogP contribution in [-0.4, -0.2) is 14.7 Å². The maximum Gasteiger partial charge on any atom is 0.0864 e. The van der Waals surface area contributed by atoms with E-state index in [0.29, 0.717) is 5.02 Å². The second kappa shape index (κ2) is 2.77. The number of rotatable bonds is 1. The normalized spacial score (nSPS) is 10.8. The molecule has 3 nitrogen and oxygen atoms in total. The summed E-state index contributed by atoms with van der Waals surface area (Å²) in [5.74, 6) is 0. The molecule has 0 fully saturated rings. The highest BCUT2D eigenvalue weighted by molar-refractivity contribution is 6.33. The zero-order valence-electron chi connectivity index (χ0n) is 6.24. The van der Waals surface area contributed by atoms with Crippen LogP contribution in [0.2, 0.25) is 5.02 Å². The molecule has 0 bridgehead atoms. The van der Waals surface area contributed by atoms with Gasteiger partial charge in [-0.05, 0) is 17.7 Å². The number of aliphatic hydroxyl groups excluding tert-OH is 1. The summed E-state index contributed by atoms with van der Waals surface area (Å²) in [6.45, 7) is 0.0258. The number of halogens is 1. The minimum Gasteiger partial charge on any atom is -0.392 e. The van der Waals surface area contributed by atoms with Gasteiger partial charge in [-0.1, -0.05) is 11.6 Å². The first-order chi connectivity index (χ1) is 5.81. The first kappa shape index (κ1) is 7.58. The Bertz CT molecular complexity index is 410. The largest absolute Gasteiger partial charge is 0.392 e. The molecule has 62 valence electrons. The van der Waals surface area contributed by atoms with Gasteiger partial charge in [-0.2, -0.15) is 5.10 Å². The maximum atomic E-state index is 8.85. The summed E-state index contributed by atoms with van der Waals surface area (Å²) in [5, 5.41) is 13.5. The van der Waals surface area contributed by atoms with E-state index in [9.17, 15) is 0 Å². The number of hydrogen-bond donors (Lipinski definition) is 1. The average molecular weight is 183 g/mol. The molecular formula is C8H7ClN2O. The van der Waals surface area contributed by atoms with Crippen LogP contribution >= 0.6 is 11.6 Å². The van der Waals surface area contributed by atoms with E-state index in [-0.39, 0.29) is 6.61 Å². The fourth-order valence-corrected chi connectivity index (χ4v) is 1.28. The predicted octanol–water partition coefficient (Wildman–Crippen LogP) is 1.48. The Morgan fingerprint density at radius 1 is 1.58 bits per heavy atom.